The van der Waals surface area contributed by atoms with E-state index in [2.05, 4.69) is 19.5 Å². The molecule has 3 aromatic rings. The Bertz CT molecular complexity index is 1440. The van der Waals surface area contributed by atoms with Crippen LogP contribution in [0.2, 0.25) is 5.02 Å². The molecule has 1 unspecified atom stereocenters. The zero-order valence-corrected chi connectivity index (χ0v) is 23.3. The first-order chi connectivity index (χ1) is 18.7. The Kier molecular flexibility index (Phi) is 8.62. The maximum absolute atomic E-state index is 13.7. The lowest BCUT2D eigenvalue weighted by molar-refractivity contribution is 0.101. The molecule has 2 aromatic heterocycles. The third kappa shape index (κ3) is 7.01. The minimum Gasteiger partial charge on any atom is -0.393 e. The van der Waals surface area contributed by atoms with Crippen molar-refractivity contribution in [3.8, 4) is 0 Å². The van der Waals surface area contributed by atoms with Crippen LogP contribution in [0.3, 0.4) is 0 Å². The van der Waals surface area contributed by atoms with E-state index < -0.39 is 22.3 Å². The van der Waals surface area contributed by atoms with Gasteiger partial charge in [0, 0.05) is 34.7 Å². The Balaban J connectivity index is 1.36. The smallest absolute Gasteiger partial charge is 0.333 e. The summed E-state index contributed by atoms with van der Waals surface area (Å²) in [7, 11) is -4.10. The number of ether oxygens (including phenoxy) is 1. The number of nitrogens with two attached hydrogens (primary N) is 1. The highest BCUT2D eigenvalue weighted by Crippen LogP contribution is 2.39. The number of nitrogens with zero attached hydrogens (tertiary/aromatic N) is 2. The van der Waals surface area contributed by atoms with Gasteiger partial charge in [0.2, 0.25) is 5.78 Å². The second-order valence-corrected chi connectivity index (χ2v) is 12.6. The monoisotopic (exact) mass is 592 g/mol. The quantitative estimate of drug-likeness (QED) is 0.299. The fourth-order valence-corrected chi connectivity index (χ4v) is 6.93. The van der Waals surface area contributed by atoms with Crippen molar-refractivity contribution in [3.05, 3.63) is 74.3 Å². The highest BCUT2D eigenvalue weighted by atomic mass is 35.5. The van der Waals surface area contributed by atoms with Crippen LogP contribution in [0, 0.1) is 5.92 Å². The summed E-state index contributed by atoms with van der Waals surface area (Å²) in [5.41, 5.74) is 2.39. The molecule has 0 spiro atoms. The van der Waals surface area contributed by atoms with Crippen LogP contribution in [0.1, 0.15) is 63.0 Å². The van der Waals surface area contributed by atoms with E-state index in [1.807, 2.05) is 30.3 Å². The molecule has 208 valence electrons. The first-order valence-electron chi connectivity index (χ1n) is 12.6. The van der Waals surface area contributed by atoms with Gasteiger partial charge in [-0.2, -0.15) is 8.42 Å². The van der Waals surface area contributed by atoms with Crippen molar-refractivity contribution < 1.29 is 27.2 Å². The van der Waals surface area contributed by atoms with E-state index in [0.717, 1.165) is 28.8 Å². The average Bonchev–Trinajstić information content (AvgIpc) is 3.63. The SMILES string of the molecule is NS(=O)(=O)OC[C@H]1C[C@@H](Nc2ncncc2C(=O)c2cc(Cc3cccc(Cl)c3)c(C3CCCO3)s2)C[C@@H]1O. The molecule has 1 aromatic carbocycles. The number of halogens is 1. The average molecular weight is 593 g/mol. The van der Waals surface area contributed by atoms with Gasteiger partial charge in [0.1, 0.15) is 12.1 Å². The second kappa shape index (κ2) is 12.0. The van der Waals surface area contributed by atoms with Gasteiger partial charge in [-0.05, 0) is 61.4 Å². The number of thiophene rings is 1. The molecule has 3 heterocycles. The molecule has 10 nitrogen and oxygen atoms in total. The normalized spacial score (nSPS) is 23.3. The topological polar surface area (TPSA) is 154 Å². The van der Waals surface area contributed by atoms with Gasteiger partial charge in [-0.3, -0.25) is 8.98 Å². The Morgan fingerprint density at radius 3 is 2.90 bits per heavy atom. The number of hydrogen-bond acceptors (Lipinski definition) is 10. The number of aliphatic hydroxyl groups is 1. The number of aromatic nitrogens is 2. The maximum atomic E-state index is 13.7. The van der Waals surface area contributed by atoms with Crippen LogP contribution >= 0.6 is 22.9 Å². The number of benzene rings is 1. The van der Waals surface area contributed by atoms with Gasteiger partial charge in [-0.15, -0.1) is 11.3 Å². The minimum atomic E-state index is -4.10. The Labute approximate surface area is 235 Å². The fraction of sp³-hybridized carbons (Fsp3) is 0.423. The third-order valence-electron chi connectivity index (χ3n) is 6.97. The van der Waals surface area contributed by atoms with Crippen molar-refractivity contribution in [1.29, 1.82) is 0 Å². The van der Waals surface area contributed by atoms with E-state index in [9.17, 15) is 18.3 Å². The third-order valence-corrected chi connectivity index (χ3v) is 8.94. The summed E-state index contributed by atoms with van der Waals surface area (Å²) in [6.07, 6.45) is 5.24. The molecule has 1 saturated carbocycles. The predicted octanol–water partition coefficient (Wildman–Crippen LogP) is 3.64. The van der Waals surface area contributed by atoms with Gasteiger partial charge in [-0.25, -0.2) is 15.1 Å². The molecule has 1 aliphatic heterocycles. The molecule has 13 heteroatoms. The number of hydrogen-bond donors (Lipinski definition) is 3. The molecule has 0 radical (unpaired) electrons. The molecule has 39 heavy (non-hydrogen) atoms. The largest absolute Gasteiger partial charge is 0.393 e. The lowest BCUT2D eigenvalue weighted by Gasteiger charge is -2.15. The van der Waals surface area contributed by atoms with Crippen LogP contribution < -0.4 is 10.5 Å². The number of ketones is 1. The molecular formula is C26H29ClN4O6S2. The second-order valence-electron chi connectivity index (χ2n) is 9.84. The first kappa shape index (κ1) is 28.1. The number of carbonyl (C=O) groups is 1. The van der Waals surface area contributed by atoms with Crippen molar-refractivity contribution in [2.45, 2.75) is 50.4 Å². The molecule has 4 atom stereocenters. The number of nitrogens with one attached hydrogen (secondary N) is 1. The number of aliphatic hydroxyl groups excluding tert-OH is 1. The van der Waals surface area contributed by atoms with Gasteiger partial charge in [0.05, 0.1) is 29.3 Å². The van der Waals surface area contributed by atoms with E-state index in [4.69, 9.17) is 21.5 Å². The van der Waals surface area contributed by atoms with Crippen LogP contribution in [0.4, 0.5) is 5.82 Å². The Morgan fingerprint density at radius 2 is 2.15 bits per heavy atom. The molecule has 1 saturated heterocycles. The van der Waals surface area contributed by atoms with Crippen LogP contribution in [-0.4, -0.2) is 54.6 Å². The van der Waals surface area contributed by atoms with Gasteiger partial charge in [0.15, 0.2) is 0 Å². The summed E-state index contributed by atoms with van der Waals surface area (Å²) in [6, 6.07) is 9.34. The summed E-state index contributed by atoms with van der Waals surface area (Å²) >= 11 is 7.63. The standard InChI is InChI=1S/C26H29ClN4O6S2/c27-18-4-1-3-15(8-18)7-16-10-23(38-25(16)22-5-2-6-36-22)24(33)20-12-29-14-30-26(20)31-19-9-17(21(32)11-19)13-37-39(28,34)35/h1,3-4,8,10,12,14,17,19,21-22,32H,2,5-7,9,11,13H2,(H2,28,34,35)(H,29,30,31)/t17-,19-,21+,22?/m1/s1. The van der Waals surface area contributed by atoms with Gasteiger partial charge < -0.3 is 15.2 Å². The fourth-order valence-electron chi connectivity index (χ4n) is 5.14. The van der Waals surface area contributed by atoms with Crippen molar-refractivity contribution in [2.24, 2.45) is 11.1 Å². The van der Waals surface area contributed by atoms with Crippen molar-refractivity contribution >= 4 is 44.8 Å². The van der Waals surface area contributed by atoms with Gasteiger partial charge in [0.25, 0.3) is 0 Å². The van der Waals surface area contributed by atoms with Crippen molar-refractivity contribution in [3.63, 3.8) is 0 Å². The number of rotatable bonds is 10. The van der Waals surface area contributed by atoms with Crippen molar-refractivity contribution in [1.82, 2.24) is 9.97 Å². The zero-order chi connectivity index (χ0) is 27.6. The molecular weight excluding hydrogens is 564 g/mol. The first-order valence-corrected chi connectivity index (χ1v) is 15.3. The Hall–Kier alpha value is -2.45. The summed E-state index contributed by atoms with van der Waals surface area (Å²) < 4.78 is 32.9. The molecule has 2 aliphatic rings. The van der Waals surface area contributed by atoms with Crippen molar-refractivity contribution in [2.75, 3.05) is 18.5 Å². The highest BCUT2D eigenvalue weighted by molar-refractivity contribution is 7.84. The van der Waals surface area contributed by atoms with E-state index in [1.54, 1.807) is 0 Å². The lowest BCUT2D eigenvalue weighted by Crippen LogP contribution is -2.24. The van der Waals surface area contributed by atoms with Crippen LogP contribution in [0.25, 0.3) is 0 Å². The van der Waals surface area contributed by atoms with Crippen LogP contribution in [-0.2, 0) is 25.6 Å². The molecule has 2 fully saturated rings. The zero-order valence-electron chi connectivity index (χ0n) is 21.0. The molecule has 5 rings (SSSR count). The summed E-state index contributed by atoms with van der Waals surface area (Å²) in [6.45, 7) is 0.476. The van der Waals surface area contributed by atoms with E-state index in [1.165, 1.54) is 23.9 Å². The number of carbonyl (C=O) groups excluding carboxylic acids is 1. The summed E-state index contributed by atoms with van der Waals surface area (Å²) in [4.78, 5) is 23.7. The molecule has 1 aliphatic carbocycles. The van der Waals surface area contributed by atoms with E-state index in [-0.39, 0.29) is 24.5 Å². The highest BCUT2D eigenvalue weighted by Gasteiger charge is 2.35. The minimum absolute atomic E-state index is 0.0492. The van der Waals surface area contributed by atoms with Gasteiger partial charge in [-0.1, -0.05) is 23.7 Å². The Morgan fingerprint density at radius 1 is 1.31 bits per heavy atom. The van der Waals surface area contributed by atoms with E-state index >= 15 is 0 Å². The van der Waals surface area contributed by atoms with E-state index in [0.29, 0.717) is 47.2 Å². The molecule has 4 N–H and O–H groups in total. The number of anilines is 1. The molecule has 0 amide bonds. The maximum Gasteiger partial charge on any atom is 0.333 e. The van der Waals surface area contributed by atoms with Crippen LogP contribution in [0.5, 0.6) is 0 Å². The van der Waals surface area contributed by atoms with Gasteiger partial charge >= 0.3 is 10.3 Å². The van der Waals surface area contributed by atoms with Crippen LogP contribution in [0.15, 0.2) is 42.9 Å². The molecule has 0 bridgehead atoms. The summed E-state index contributed by atoms with van der Waals surface area (Å²) in [5, 5.41) is 19.2. The summed E-state index contributed by atoms with van der Waals surface area (Å²) in [5.74, 6) is -0.293. The lowest BCUT2D eigenvalue weighted by atomic mass is 10.0. The predicted molar refractivity (Wildman–Crippen MR) is 147 cm³/mol.